The summed E-state index contributed by atoms with van der Waals surface area (Å²) in [6.45, 7) is 0. The topological polar surface area (TPSA) is 123 Å². The Morgan fingerprint density at radius 2 is 1.84 bits per heavy atom. The van der Waals surface area contributed by atoms with Crippen LogP contribution in [-0.2, 0) is 16.0 Å². The third-order valence-corrected chi connectivity index (χ3v) is 7.89. The van der Waals surface area contributed by atoms with Crippen LogP contribution in [-0.4, -0.2) is 47.9 Å². The number of hydrogen-bond acceptors (Lipinski definition) is 8. The van der Waals surface area contributed by atoms with Crippen molar-refractivity contribution in [2.24, 2.45) is 0 Å². The molecule has 5 aromatic rings. The number of anilines is 1. The molecule has 186 valence electrons. The Morgan fingerprint density at radius 3 is 2.59 bits per heavy atom. The summed E-state index contributed by atoms with van der Waals surface area (Å²) < 4.78 is 2.32. The normalized spacial score (nSPS) is 11.1. The number of thiazole rings is 1. The smallest absolute Gasteiger partial charge is 0.307 e. The van der Waals surface area contributed by atoms with Crippen molar-refractivity contribution in [3.05, 3.63) is 75.7 Å². The number of carbonyl (C=O) groups excluding carboxylic acids is 1. The maximum absolute atomic E-state index is 12.6. The van der Waals surface area contributed by atoms with E-state index in [0.717, 1.165) is 33.1 Å². The highest BCUT2D eigenvalue weighted by molar-refractivity contribution is 7.99. The molecule has 2 heterocycles. The van der Waals surface area contributed by atoms with Crippen molar-refractivity contribution >= 4 is 74.1 Å². The van der Waals surface area contributed by atoms with Gasteiger partial charge in [-0.05, 0) is 51.4 Å². The number of rotatable bonds is 8. The molecule has 37 heavy (non-hydrogen) atoms. The van der Waals surface area contributed by atoms with E-state index >= 15 is 0 Å². The first-order valence-corrected chi connectivity index (χ1v) is 13.3. The van der Waals surface area contributed by atoms with Crippen LogP contribution in [0.4, 0.5) is 5.69 Å². The fourth-order valence-corrected chi connectivity index (χ4v) is 5.58. The molecule has 0 spiro atoms. The first-order valence-electron chi connectivity index (χ1n) is 10.7. The van der Waals surface area contributed by atoms with E-state index in [1.165, 1.54) is 16.0 Å². The van der Waals surface area contributed by atoms with Crippen molar-refractivity contribution in [1.82, 2.24) is 25.2 Å². The van der Waals surface area contributed by atoms with Gasteiger partial charge in [0.25, 0.3) is 0 Å². The zero-order valence-corrected chi connectivity index (χ0v) is 21.9. The molecule has 2 N–H and O–H groups in total. The number of tetrazole rings is 1. The summed E-state index contributed by atoms with van der Waals surface area (Å²) in [5.41, 5.74) is 6.01. The Kier molecular flexibility index (Phi) is 7.38. The molecule has 9 nitrogen and oxygen atoms in total. The van der Waals surface area contributed by atoms with E-state index in [4.69, 9.17) is 28.3 Å². The number of halogens is 2. The molecule has 0 saturated carbocycles. The fraction of sp³-hybridized carbons (Fsp3) is 0.0833. The lowest BCUT2D eigenvalue weighted by molar-refractivity contribution is -0.136. The van der Waals surface area contributed by atoms with Gasteiger partial charge in [-0.1, -0.05) is 65.3 Å². The van der Waals surface area contributed by atoms with Gasteiger partial charge in [0.15, 0.2) is 0 Å². The largest absolute Gasteiger partial charge is 0.481 e. The molecular formula is C24H16Cl2N6O3S2. The monoisotopic (exact) mass is 570 g/mol. The van der Waals surface area contributed by atoms with Gasteiger partial charge < -0.3 is 10.4 Å². The van der Waals surface area contributed by atoms with E-state index in [0.29, 0.717) is 32.1 Å². The number of fused-ring (bicyclic) bond motifs is 1. The quantitative estimate of drug-likeness (QED) is 0.231. The van der Waals surface area contributed by atoms with Gasteiger partial charge in [-0.15, -0.1) is 16.4 Å². The van der Waals surface area contributed by atoms with E-state index in [2.05, 4.69) is 25.8 Å². The summed E-state index contributed by atoms with van der Waals surface area (Å²) in [5.74, 6) is -1.12. The molecule has 2 aromatic heterocycles. The van der Waals surface area contributed by atoms with E-state index < -0.39 is 5.97 Å². The molecule has 13 heteroatoms. The van der Waals surface area contributed by atoms with Crippen LogP contribution in [0.5, 0.6) is 0 Å². The fourth-order valence-electron chi connectivity index (χ4n) is 3.57. The Morgan fingerprint density at radius 1 is 1.05 bits per heavy atom. The van der Waals surface area contributed by atoms with Crippen molar-refractivity contribution in [2.75, 3.05) is 11.1 Å². The van der Waals surface area contributed by atoms with Gasteiger partial charge in [0, 0.05) is 0 Å². The van der Waals surface area contributed by atoms with E-state index in [1.807, 2.05) is 24.3 Å². The summed E-state index contributed by atoms with van der Waals surface area (Å²) in [5, 5.41) is 24.8. The minimum Gasteiger partial charge on any atom is -0.481 e. The predicted molar refractivity (Wildman–Crippen MR) is 145 cm³/mol. The lowest BCUT2D eigenvalue weighted by atomic mass is 10.0. The number of aliphatic carboxylic acids is 1. The highest BCUT2D eigenvalue weighted by atomic mass is 35.5. The average Bonchev–Trinajstić information content (AvgIpc) is 3.54. The Bertz CT molecular complexity index is 1620. The van der Waals surface area contributed by atoms with Gasteiger partial charge in [0.2, 0.25) is 11.1 Å². The molecule has 0 aliphatic carbocycles. The number of carboxylic acid groups (broad SMARTS) is 1. The molecule has 0 bridgehead atoms. The Labute approximate surface area is 228 Å². The van der Waals surface area contributed by atoms with Crippen LogP contribution in [0.1, 0.15) is 5.56 Å². The zero-order chi connectivity index (χ0) is 25.9. The van der Waals surface area contributed by atoms with Gasteiger partial charge in [0.1, 0.15) is 0 Å². The molecule has 0 saturated heterocycles. The number of amides is 1. The molecular weight excluding hydrogens is 555 g/mol. The number of carbonyl (C=O) groups is 2. The van der Waals surface area contributed by atoms with Crippen LogP contribution in [0.15, 0.2) is 65.3 Å². The highest BCUT2D eigenvalue weighted by Crippen LogP contribution is 2.33. The van der Waals surface area contributed by atoms with Gasteiger partial charge in [-0.3, -0.25) is 9.59 Å². The number of nitrogens with zero attached hydrogens (tertiary/aromatic N) is 5. The predicted octanol–water partition coefficient (Wildman–Crippen LogP) is 5.60. The molecule has 5 rings (SSSR count). The number of nitrogens with one attached hydrogen (secondary N) is 1. The summed E-state index contributed by atoms with van der Waals surface area (Å²) in [6.07, 6.45) is -0.0369. The molecule has 0 radical (unpaired) electrons. The standard InChI is InChI=1S/C24H16Cl2N6O3S2/c25-16-10-15(14-3-1-13(2-4-14)9-21(34)35)5-6-17(16)28-20(33)11-36-24-29-30-31-32(24)19-8-7-18-23(22(19)26)37-12-27-18/h1-8,10,12H,9,11H2,(H,28,33)(H,34,35). The third-order valence-electron chi connectivity index (χ3n) is 5.31. The van der Waals surface area contributed by atoms with Crippen molar-refractivity contribution in [1.29, 1.82) is 0 Å². The SMILES string of the molecule is O=C(O)Cc1ccc(-c2ccc(NC(=O)CSc3nnnn3-c3ccc4ncsc4c3Cl)c(Cl)c2)cc1. The van der Waals surface area contributed by atoms with Gasteiger partial charge in [0.05, 0.1) is 49.3 Å². The third kappa shape index (κ3) is 5.59. The van der Waals surface area contributed by atoms with Crippen LogP contribution >= 0.6 is 46.3 Å². The summed E-state index contributed by atoms with van der Waals surface area (Å²) >= 11 is 15.6. The maximum Gasteiger partial charge on any atom is 0.307 e. The van der Waals surface area contributed by atoms with Crippen molar-refractivity contribution < 1.29 is 14.7 Å². The average molecular weight is 571 g/mol. The highest BCUT2D eigenvalue weighted by Gasteiger charge is 2.17. The number of hydrogen-bond donors (Lipinski definition) is 2. The van der Waals surface area contributed by atoms with Crippen LogP contribution in [0.3, 0.4) is 0 Å². The number of thioether (sulfide) groups is 1. The Balaban J connectivity index is 1.24. The number of aromatic nitrogens is 5. The molecule has 0 unspecified atom stereocenters. The molecule has 0 aliphatic rings. The second-order valence-electron chi connectivity index (χ2n) is 7.77. The second kappa shape index (κ2) is 10.9. The number of benzene rings is 3. The second-order valence-corrected chi connectivity index (χ2v) is 10.4. The first kappa shape index (κ1) is 25.2. The van der Waals surface area contributed by atoms with E-state index in [1.54, 1.807) is 35.8 Å². The van der Waals surface area contributed by atoms with Crippen molar-refractivity contribution in [3.8, 4) is 16.8 Å². The number of carboxylic acids is 1. The van der Waals surface area contributed by atoms with Gasteiger partial charge in [-0.25, -0.2) is 4.98 Å². The molecule has 3 aromatic carbocycles. The van der Waals surface area contributed by atoms with Gasteiger partial charge in [-0.2, -0.15) is 4.68 Å². The summed E-state index contributed by atoms with van der Waals surface area (Å²) in [7, 11) is 0. The first-order chi connectivity index (χ1) is 17.9. The summed E-state index contributed by atoms with van der Waals surface area (Å²) in [6, 6.07) is 16.1. The van der Waals surface area contributed by atoms with Crippen molar-refractivity contribution in [2.45, 2.75) is 11.6 Å². The Hall–Kier alpha value is -3.51. The minimum atomic E-state index is -0.883. The van der Waals surface area contributed by atoms with Crippen LogP contribution in [0.2, 0.25) is 10.0 Å². The lowest BCUT2D eigenvalue weighted by Crippen LogP contribution is -2.15. The van der Waals surface area contributed by atoms with E-state index in [-0.39, 0.29) is 18.1 Å². The minimum absolute atomic E-state index is 0.0369. The van der Waals surface area contributed by atoms with Crippen LogP contribution in [0, 0.1) is 0 Å². The molecule has 1 amide bonds. The van der Waals surface area contributed by atoms with Crippen LogP contribution in [0.25, 0.3) is 27.0 Å². The van der Waals surface area contributed by atoms with E-state index in [9.17, 15) is 9.59 Å². The maximum atomic E-state index is 12.6. The summed E-state index contributed by atoms with van der Waals surface area (Å²) in [4.78, 5) is 27.8. The zero-order valence-electron chi connectivity index (χ0n) is 18.8. The van der Waals surface area contributed by atoms with Crippen LogP contribution < -0.4 is 5.32 Å². The lowest BCUT2D eigenvalue weighted by Gasteiger charge is -2.10. The van der Waals surface area contributed by atoms with Gasteiger partial charge >= 0.3 is 5.97 Å². The molecule has 0 fully saturated rings. The van der Waals surface area contributed by atoms with Crippen molar-refractivity contribution in [3.63, 3.8) is 0 Å². The molecule has 0 atom stereocenters. The molecule has 0 aliphatic heterocycles.